The average Bonchev–Trinajstić information content (AvgIpc) is 3.26. The number of nitrogens with one attached hydrogen (secondary N) is 1. The van der Waals surface area contributed by atoms with Gasteiger partial charge < -0.3 is 19.9 Å². The summed E-state index contributed by atoms with van der Waals surface area (Å²) >= 11 is 0. The number of anilines is 1. The molecule has 2 aromatic rings. The van der Waals surface area contributed by atoms with Gasteiger partial charge in [-0.15, -0.1) is 0 Å². The number of fused-ring (bicyclic) bond motifs is 1. The molecule has 0 aliphatic carbocycles. The highest BCUT2D eigenvalue weighted by atomic mass is 16.5. The van der Waals surface area contributed by atoms with Crippen LogP contribution < -0.4 is 14.8 Å². The van der Waals surface area contributed by atoms with E-state index in [4.69, 9.17) is 14.6 Å². The van der Waals surface area contributed by atoms with Gasteiger partial charge >= 0.3 is 0 Å². The number of unbranched alkanes of at least 4 members (excludes halogenated alkanes) is 1. The van der Waals surface area contributed by atoms with Crippen molar-refractivity contribution in [1.82, 2.24) is 19.7 Å². The van der Waals surface area contributed by atoms with Gasteiger partial charge in [0.15, 0.2) is 17.3 Å². The Bertz CT molecular complexity index is 876. The first-order chi connectivity index (χ1) is 15.0. The molecule has 1 unspecified atom stereocenters. The Labute approximate surface area is 184 Å². The van der Waals surface area contributed by atoms with E-state index in [2.05, 4.69) is 46.3 Å². The maximum absolute atomic E-state index is 9.12. The number of aliphatic hydroxyl groups is 1. The highest BCUT2D eigenvalue weighted by Gasteiger charge is 2.45. The summed E-state index contributed by atoms with van der Waals surface area (Å²) in [4.78, 5) is 6.81. The number of para-hydroxylation sites is 1. The molecule has 0 saturated carbocycles. The predicted octanol–water partition coefficient (Wildman–Crippen LogP) is 3.28. The van der Waals surface area contributed by atoms with Crippen LogP contribution in [-0.2, 0) is 13.7 Å². The topological polar surface area (TPSA) is 84.7 Å². The lowest BCUT2D eigenvalue weighted by molar-refractivity contribution is 0.0185. The summed E-state index contributed by atoms with van der Waals surface area (Å²) in [6, 6.07) is 6.58. The lowest BCUT2D eigenvalue weighted by Crippen LogP contribution is -2.44. The van der Waals surface area contributed by atoms with Crippen LogP contribution in [0.4, 0.5) is 5.95 Å². The highest BCUT2D eigenvalue weighted by molar-refractivity contribution is 5.52. The van der Waals surface area contributed by atoms with Gasteiger partial charge in [0.2, 0.25) is 5.95 Å². The average molecular weight is 430 g/mol. The molecule has 0 amide bonds. The number of likely N-dealkylation sites (tertiary alicyclic amines) is 1. The van der Waals surface area contributed by atoms with Crippen LogP contribution in [0.5, 0.6) is 11.5 Å². The Morgan fingerprint density at radius 3 is 2.77 bits per heavy atom. The number of nitrogens with zero attached hydrogens (tertiary/aromatic N) is 4. The molecule has 8 nitrogen and oxygen atoms in total. The molecule has 3 heterocycles. The number of hydrogen-bond acceptors (Lipinski definition) is 7. The van der Waals surface area contributed by atoms with E-state index in [9.17, 15) is 0 Å². The van der Waals surface area contributed by atoms with Gasteiger partial charge in [0, 0.05) is 19.2 Å². The van der Waals surface area contributed by atoms with E-state index in [1.165, 1.54) is 24.8 Å². The van der Waals surface area contributed by atoms with E-state index in [0.29, 0.717) is 18.4 Å². The molecule has 1 aromatic carbocycles. The van der Waals surface area contributed by atoms with Crippen LogP contribution >= 0.6 is 0 Å². The summed E-state index contributed by atoms with van der Waals surface area (Å²) in [5.74, 6) is 2.86. The van der Waals surface area contributed by atoms with Crippen molar-refractivity contribution >= 4 is 5.95 Å². The molecule has 8 heteroatoms. The first-order valence-corrected chi connectivity index (χ1v) is 11.4. The van der Waals surface area contributed by atoms with Crippen molar-refractivity contribution in [3.05, 3.63) is 29.6 Å². The molecule has 0 bridgehead atoms. The largest absolute Gasteiger partial charge is 0.490 e. The molecular weight excluding hydrogens is 394 g/mol. The fraction of sp³-hybridized carbons (Fsp3) is 0.652. The summed E-state index contributed by atoms with van der Waals surface area (Å²) in [5.41, 5.74) is 1.00. The Kier molecular flexibility index (Phi) is 6.67. The number of rotatable bonds is 9. The molecule has 0 spiro atoms. The van der Waals surface area contributed by atoms with Crippen LogP contribution in [0.3, 0.4) is 0 Å². The second kappa shape index (κ2) is 9.44. The second-order valence-electron chi connectivity index (χ2n) is 8.99. The van der Waals surface area contributed by atoms with Gasteiger partial charge in [-0.3, -0.25) is 4.90 Å². The Hall–Kier alpha value is -2.32. The van der Waals surface area contributed by atoms with E-state index >= 15 is 0 Å². The van der Waals surface area contributed by atoms with E-state index in [1.807, 2.05) is 13.1 Å². The van der Waals surface area contributed by atoms with Crippen LogP contribution in [0.2, 0.25) is 0 Å². The number of ether oxygens (including phenoxy) is 2. The minimum Gasteiger partial charge on any atom is -0.490 e. The first kappa shape index (κ1) is 21.9. The van der Waals surface area contributed by atoms with Gasteiger partial charge in [0.05, 0.1) is 12.6 Å². The summed E-state index contributed by atoms with van der Waals surface area (Å²) in [6.07, 6.45) is 5.72. The number of piperidine rings is 1. The van der Waals surface area contributed by atoms with Gasteiger partial charge in [-0.25, -0.2) is 4.68 Å². The van der Waals surface area contributed by atoms with Crippen LogP contribution in [0.15, 0.2) is 18.2 Å². The molecule has 1 saturated heterocycles. The molecule has 4 rings (SSSR count). The minimum absolute atomic E-state index is 0.151. The molecule has 1 fully saturated rings. The van der Waals surface area contributed by atoms with Crippen LogP contribution in [0.1, 0.15) is 63.4 Å². The van der Waals surface area contributed by atoms with Crippen molar-refractivity contribution < 1.29 is 14.6 Å². The van der Waals surface area contributed by atoms with Crippen molar-refractivity contribution in [2.24, 2.45) is 7.05 Å². The minimum atomic E-state index is -0.257. The normalized spacial score (nSPS) is 20.3. The molecule has 170 valence electrons. The third kappa shape index (κ3) is 4.80. The van der Waals surface area contributed by atoms with Crippen LogP contribution in [0, 0.1) is 0 Å². The first-order valence-electron chi connectivity index (χ1n) is 11.4. The van der Waals surface area contributed by atoms with Gasteiger partial charge in [-0.2, -0.15) is 10.1 Å². The summed E-state index contributed by atoms with van der Waals surface area (Å²) < 4.78 is 14.2. The van der Waals surface area contributed by atoms with Crippen molar-refractivity contribution in [2.45, 2.75) is 64.2 Å². The SMILES string of the molecule is Cn1nc(CO)nc1NCCCCOc1cccc2c1OC(C)(C)C2N1CCCCC1. The third-order valence-electron chi connectivity index (χ3n) is 6.14. The smallest absolute Gasteiger partial charge is 0.221 e. The summed E-state index contributed by atoms with van der Waals surface area (Å²) in [5, 5.41) is 16.5. The number of benzene rings is 1. The Morgan fingerprint density at radius 2 is 2.03 bits per heavy atom. The molecule has 1 aromatic heterocycles. The zero-order valence-electron chi connectivity index (χ0n) is 18.9. The van der Waals surface area contributed by atoms with Gasteiger partial charge in [0.1, 0.15) is 12.2 Å². The Morgan fingerprint density at radius 1 is 1.23 bits per heavy atom. The number of aryl methyl sites for hydroxylation is 1. The standard InChI is InChI=1S/C23H35N5O3/c1-23(2)21(28-13-6-4-7-14-28)17-10-9-11-18(20(17)31-23)30-15-8-5-12-24-22-25-19(16-29)26-27(22)3/h9-11,21,29H,4-8,12-16H2,1-3H3,(H,24,25,26). The van der Waals surface area contributed by atoms with Crippen molar-refractivity contribution in [3.8, 4) is 11.5 Å². The summed E-state index contributed by atoms with van der Waals surface area (Å²) in [6.45, 7) is 7.92. The molecule has 0 radical (unpaired) electrons. The van der Waals surface area contributed by atoms with Gasteiger partial charge in [-0.1, -0.05) is 18.6 Å². The van der Waals surface area contributed by atoms with E-state index < -0.39 is 0 Å². The quantitative estimate of drug-likeness (QED) is 0.592. The molecule has 1 atom stereocenters. The van der Waals surface area contributed by atoms with Gasteiger partial charge in [0.25, 0.3) is 0 Å². The highest BCUT2D eigenvalue weighted by Crippen LogP contribution is 2.51. The van der Waals surface area contributed by atoms with E-state index in [0.717, 1.165) is 44.0 Å². The Balaban J connectivity index is 1.30. The monoisotopic (exact) mass is 429 g/mol. The molecule has 2 N–H and O–H groups in total. The molecule has 2 aliphatic rings. The maximum atomic E-state index is 9.12. The maximum Gasteiger partial charge on any atom is 0.221 e. The van der Waals surface area contributed by atoms with Gasteiger partial charge in [-0.05, 0) is 58.7 Å². The fourth-order valence-corrected chi connectivity index (χ4v) is 4.75. The third-order valence-corrected chi connectivity index (χ3v) is 6.14. The van der Waals surface area contributed by atoms with Crippen LogP contribution in [-0.4, -0.2) is 56.6 Å². The number of aromatic nitrogens is 3. The predicted molar refractivity (Wildman–Crippen MR) is 119 cm³/mol. The van der Waals surface area contributed by atoms with Crippen molar-refractivity contribution in [2.75, 3.05) is 31.6 Å². The van der Waals surface area contributed by atoms with Crippen molar-refractivity contribution in [3.63, 3.8) is 0 Å². The zero-order chi connectivity index (χ0) is 21.8. The molecular formula is C23H35N5O3. The van der Waals surface area contributed by atoms with E-state index in [-0.39, 0.29) is 18.2 Å². The van der Waals surface area contributed by atoms with Crippen molar-refractivity contribution in [1.29, 1.82) is 0 Å². The second-order valence-corrected chi connectivity index (χ2v) is 8.99. The molecule has 31 heavy (non-hydrogen) atoms. The zero-order valence-corrected chi connectivity index (χ0v) is 18.9. The molecule has 2 aliphatic heterocycles. The summed E-state index contributed by atoms with van der Waals surface area (Å²) in [7, 11) is 1.81. The number of hydrogen-bond donors (Lipinski definition) is 2. The lowest BCUT2D eigenvalue weighted by atomic mass is 9.91. The van der Waals surface area contributed by atoms with E-state index in [1.54, 1.807) is 4.68 Å². The lowest BCUT2D eigenvalue weighted by Gasteiger charge is -2.38. The van der Waals surface area contributed by atoms with Crippen LogP contribution in [0.25, 0.3) is 0 Å². The fourth-order valence-electron chi connectivity index (χ4n) is 4.75. The number of aliphatic hydroxyl groups excluding tert-OH is 1.